The summed E-state index contributed by atoms with van der Waals surface area (Å²) in [7, 11) is -0.664. The number of pyridine rings is 1. The summed E-state index contributed by atoms with van der Waals surface area (Å²) in [5.74, 6) is 0. The summed E-state index contributed by atoms with van der Waals surface area (Å²) in [6.07, 6.45) is 8.86. The second-order valence-electron chi connectivity index (χ2n) is 4.58. The average molecular weight is 231 g/mol. The molecule has 0 bridgehead atoms. The van der Waals surface area contributed by atoms with Crippen molar-refractivity contribution >= 4 is 10.0 Å². The van der Waals surface area contributed by atoms with Gasteiger partial charge in [0.1, 0.15) is 0 Å². The lowest BCUT2D eigenvalue weighted by Gasteiger charge is -2.25. The molecular weight excluding hydrogens is 214 g/mol. The molecule has 2 aromatic rings. The van der Waals surface area contributed by atoms with Gasteiger partial charge in [0, 0.05) is 16.7 Å². The summed E-state index contributed by atoms with van der Waals surface area (Å²) < 4.78 is 0. The van der Waals surface area contributed by atoms with Crippen LogP contribution in [0.3, 0.4) is 0 Å². The summed E-state index contributed by atoms with van der Waals surface area (Å²) in [6, 6.07) is 14.6. The normalized spacial score (nSPS) is 12.4. The summed E-state index contributed by atoms with van der Waals surface area (Å²) in [5, 5.41) is 0. The first-order chi connectivity index (χ1) is 7.57. The molecule has 0 aliphatic heterocycles. The highest BCUT2D eigenvalue weighted by molar-refractivity contribution is 8.32. The van der Waals surface area contributed by atoms with Crippen LogP contribution in [0.5, 0.6) is 0 Å². The van der Waals surface area contributed by atoms with Gasteiger partial charge in [0.2, 0.25) is 0 Å². The van der Waals surface area contributed by atoms with Crippen molar-refractivity contribution in [3.05, 3.63) is 48.7 Å². The van der Waals surface area contributed by atoms with Gasteiger partial charge in [-0.25, -0.2) is 10.0 Å². The summed E-state index contributed by atoms with van der Waals surface area (Å²) in [5.41, 5.74) is 2.23. The van der Waals surface area contributed by atoms with Gasteiger partial charge in [-0.3, -0.25) is 4.98 Å². The van der Waals surface area contributed by atoms with Crippen LogP contribution in [0.2, 0.25) is 0 Å². The van der Waals surface area contributed by atoms with Crippen molar-refractivity contribution in [2.75, 3.05) is 18.8 Å². The molecule has 1 heterocycles. The molecule has 0 atom stereocenters. The zero-order valence-electron chi connectivity index (χ0n) is 9.97. The smallest absolute Gasteiger partial charge is 0.0702 e. The van der Waals surface area contributed by atoms with Gasteiger partial charge in [-0.1, -0.05) is 30.3 Å². The maximum atomic E-state index is 4.54. The third kappa shape index (κ3) is 2.45. The van der Waals surface area contributed by atoms with Crippen molar-refractivity contribution in [1.29, 1.82) is 0 Å². The second-order valence-corrected chi connectivity index (χ2v) is 8.73. The van der Waals surface area contributed by atoms with Crippen molar-refractivity contribution in [2.24, 2.45) is 0 Å². The Hall–Kier alpha value is -1.28. The number of hydrogen-bond acceptors (Lipinski definition) is 1. The van der Waals surface area contributed by atoms with Crippen LogP contribution >= 0.6 is 10.0 Å². The molecule has 84 valence electrons. The second kappa shape index (κ2) is 4.30. The molecule has 0 saturated carbocycles. The Bertz CT molecular complexity index is 454. The molecule has 0 saturated heterocycles. The van der Waals surface area contributed by atoms with Crippen LogP contribution in [0.15, 0.2) is 53.6 Å². The molecule has 16 heavy (non-hydrogen) atoms. The largest absolute Gasteiger partial charge is 0.255 e. The van der Waals surface area contributed by atoms with Gasteiger partial charge in [0.15, 0.2) is 0 Å². The van der Waals surface area contributed by atoms with E-state index >= 15 is 0 Å². The van der Waals surface area contributed by atoms with Crippen LogP contribution in [0.1, 0.15) is 0 Å². The molecule has 2 rings (SSSR count). The van der Waals surface area contributed by atoms with Gasteiger partial charge in [-0.05, 0) is 30.9 Å². The molecule has 1 aromatic carbocycles. The highest BCUT2D eigenvalue weighted by Crippen LogP contribution is 2.44. The lowest BCUT2D eigenvalue weighted by atomic mass is 10.1. The maximum absolute atomic E-state index is 4.54. The van der Waals surface area contributed by atoms with Crippen LogP contribution < -0.4 is 0 Å². The first-order valence-electron chi connectivity index (χ1n) is 5.27. The van der Waals surface area contributed by atoms with Gasteiger partial charge >= 0.3 is 0 Å². The molecular formula is C14H17NS. The Kier molecular flexibility index (Phi) is 3.01. The van der Waals surface area contributed by atoms with Crippen LogP contribution in [0.25, 0.3) is 11.3 Å². The molecule has 1 aromatic heterocycles. The van der Waals surface area contributed by atoms with Gasteiger partial charge in [0.25, 0.3) is 0 Å². The highest BCUT2D eigenvalue weighted by Gasteiger charge is 2.08. The number of benzene rings is 1. The lowest BCUT2D eigenvalue weighted by Crippen LogP contribution is -1.94. The zero-order valence-corrected chi connectivity index (χ0v) is 10.8. The topological polar surface area (TPSA) is 12.9 Å². The zero-order chi connectivity index (χ0) is 11.6. The Balaban J connectivity index is 2.34. The Labute approximate surface area is 98.9 Å². The average Bonchev–Trinajstić information content (AvgIpc) is 2.29. The third-order valence-corrected chi connectivity index (χ3v) is 4.17. The van der Waals surface area contributed by atoms with E-state index in [4.69, 9.17) is 0 Å². The number of hydrogen-bond donors (Lipinski definition) is 0. The minimum absolute atomic E-state index is 0.664. The summed E-state index contributed by atoms with van der Waals surface area (Å²) in [4.78, 5) is 5.89. The van der Waals surface area contributed by atoms with Crippen molar-refractivity contribution in [3.8, 4) is 11.3 Å². The van der Waals surface area contributed by atoms with Crippen LogP contribution in [-0.2, 0) is 0 Å². The van der Waals surface area contributed by atoms with E-state index in [1.807, 2.05) is 24.4 Å². The van der Waals surface area contributed by atoms with E-state index in [-0.39, 0.29) is 0 Å². The molecule has 0 amide bonds. The predicted octanol–water partition coefficient (Wildman–Crippen LogP) is 3.80. The van der Waals surface area contributed by atoms with E-state index in [0.29, 0.717) is 0 Å². The van der Waals surface area contributed by atoms with E-state index in [0.717, 1.165) is 5.69 Å². The first-order valence-corrected chi connectivity index (χ1v) is 8.13. The number of nitrogens with zero attached hydrogens (tertiary/aromatic N) is 1. The summed E-state index contributed by atoms with van der Waals surface area (Å²) >= 11 is 0. The van der Waals surface area contributed by atoms with Crippen molar-refractivity contribution in [1.82, 2.24) is 4.98 Å². The van der Waals surface area contributed by atoms with Crippen LogP contribution in [-0.4, -0.2) is 23.8 Å². The summed E-state index contributed by atoms with van der Waals surface area (Å²) in [6.45, 7) is 0. The highest BCUT2D eigenvalue weighted by atomic mass is 32.3. The van der Waals surface area contributed by atoms with E-state index in [9.17, 15) is 0 Å². The van der Waals surface area contributed by atoms with Gasteiger partial charge < -0.3 is 0 Å². The van der Waals surface area contributed by atoms with Crippen LogP contribution in [0.4, 0.5) is 0 Å². The molecule has 1 nitrogen and oxygen atoms in total. The minimum Gasteiger partial charge on any atom is -0.255 e. The molecule has 0 fully saturated rings. The van der Waals surface area contributed by atoms with E-state index in [1.165, 1.54) is 10.5 Å². The maximum Gasteiger partial charge on any atom is 0.0702 e. The predicted molar refractivity (Wildman–Crippen MR) is 73.3 cm³/mol. The lowest BCUT2D eigenvalue weighted by molar-refractivity contribution is 1.23. The van der Waals surface area contributed by atoms with Crippen LogP contribution in [0, 0.1) is 0 Å². The fourth-order valence-electron chi connectivity index (χ4n) is 1.52. The molecule has 0 spiro atoms. The van der Waals surface area contributed by atoms with E-state index in [1.54, 1.807) is 0 Å². The number of rotatable bonds is 2. The Morgan fingerprint density at radius 2 is 1.56 bits per heavy atom. The molecule has 2 heteroatoms. The fraction of sp³-hybridized carbons (Fsp3) is 0.214. The standard InChI is InChI=1S/C14H17NS/c1-16(2,3)13-9-10-14(15-11-13)12-7-5-4-6-8-12/h4-11H,1-3H3. The van der Waals surface area contributed by atoms with Gasteiger partial charge in [-0.2, -0.15) is 0 Å². The Morgan fingerprint density at radius 1 is 0.875 bits per heavy atom. The molecule has 0 N–H and O–H groups in total. The Morgan fingerprint density at radius 3 is 2.06 bits per heavy atom. The third-order valence-electron chi connectivity index (χ3n) is 2.51. The quantitative estimate of drug-likeness (QED) is 0.766. The van der Waals surface area contributed by atoms with Gasteiger partial charge in [0.05, 0.1) is 5.69 Å². The molecule has 0 aliphatic rings. The van der Waals surface area contributed by atoms with Crippen molar-refractivity contribution in [2.45, 2.75) is 4.90 Å². The monoisotopic (exact) mass is 231 g/mol. The minimum atomic E-state index is -0.664. The van der Waals surface area contributed by atoms with E-state index < -0.39 is 10.0 Å². The van der Waals surface area contributed by atoms with E-state index in [2.05, 4.69) is 48.0 Å². The SMILES string of the molecule is CS(C)(C)c1ccc(-c2ccccc2)nc1. The number of aromatic nitrogens is 1. The molecule has 0 aliphatic carbocycles. The van der Waals surface area contributed by atoms with Gasteiger partial charge in [-0.15, -0.1) is 0 Å². The van der Waals surface area contributed by atoms with Crippen molar-refractivity contribution in [3.63, 3.8) is 0 Å². The first kappa shape index (κ1) is 11.2. The fourth-order valence-corrected chi connectivity index (χ4v) is 2.37. The molecule has 0 unspecified atom stereocenters. The molecule has 0 radical (unpaired) electrons. The van der Waals surface area contributed by atoms with Crippen molar-refractivity contribution < 1.29 is 0 Å².